The van der Waals surface area contributed by atoms with Crippen molar-refractivity contribution < 1.29 is 89.3 Å². The van der Waals surface area contributed by atoms with Gasteiger partial charge in [-0.05, 0) is 24.3 Å². The molecule has 0 atom stereocenters. The molecule has 0 fully saturated rings. The smallest absolute Gasteiger partial charge is 0.460 e. The number of aromatic hydroxyl groups is 1. The van der Waals surface area contributed by atoms with Gasteiger partial charge in [0.2, 0.25) is 0 Å². The van der Waals surface area contributed by atoms with Gasteiger partial charge in [-0.15, -0.1) is 0 Å². The maximum atomic E-state index is 13.7. The first-order valence-corrected chi connectivity index (χ1v) is 8.81. The third-order valence-electron chi connectivity index (χ3n) is 4.54. The van der Waals surface area contributed by atoms with Crippen LogP contribution in [0, 0.1) is 0 Å². The molecule has 37 heavy (non-hydrogen) atoms. The molecule has 1 N–H and O–H groups in total. The normalized spacial score (nSPS) is 15.1. The Balaban J connectivity index is 3.29. The second kappa shape index (κ2) is 9.25. The molecule has 20 heteroatoms. The van der Waals surface area contributed by atoms with Crippen LogP contribution in [0.3, 0.4) is 0 Å². The van der Waals surface area contributed by atoms with E-state index in [4.69, 9.17) is 5.11 Å². The number of rotatable bonds is 10. The minimum absolute atomic E-state index is 0.457. The van der Waals surface area contributed by atoms with Gasteiger partial charge in [-0.2, -0.15) is 74.6 Å². The van der Waals surface area contributed by atoms with Gasteiger partial charge in [-0.3, -0.25) is 0 Å². The molecule has 3 nitrogen and oxygen atoms in total. The van der Waals surface area contributed by atoms with E-state index < -0.39 is 77.9 Å². The fraction of sp³-hybridized carbons (Fsp3) is 0.588. The van der Waals surface area contributed by atoms with Crippen LogP contribution in [0.4, 0.5) is 74.6 Å². The van der Waals surface area contributed by atoms with Gasteiger partial charge in [0.05, 0.1) is 18.6 Å². The van der Waals surface area contributed by atoms with Crippen LogP contribution in [0.15, 0.2) is 24.3 Å². The van der Waals surface area contributed by atoms with Gasteiger partial charge in [0.15, 0.2) is 0 Å². The van der Waals surface area contributed by atoms with Crippen LogP contribution in [0.2, 0.25) is 0 Å². The third-order valence-corrected chi connectivity index (χ3v) is 4.54. The maximum Gasteiger partial charge on any atom is 0.460 e. The highest BCUT2D eigenvalue weighted by atomic mass is 19.4. The van der Waals surface area contributed by atoms with Crippen LogP contribution in [0.5, 0.6) is 5.75 Å². The Kier molecular flexibility index (Phi) is 8.08. The molecule has 0 aromatic heterocycles. The molecule has 1 aromatic carbocycles. The van der Waals surface area contributed by atoms with Gasteiger partial charge in [0, 0.05) is 0 Å². The van der Waals surface area contributed by atoms with Crippen molar-refractivity contribution in [2.45, 2.75) is 54.1 Å². The molecule has 0 aliphatic rings. The summed E-state index contributed by atoms with van der Waals surface area (Å²) in [6.45, 7) is -2.05. The summed E-state index contributed by atoms with van der Waals surface area (Å²) in [4.78, 5) is 11.5. The molecule has 0 aliphatic carbocycles. The number of phenols is 1. The van der Waals surface area contributed by atoms with E-state index in [1.54, 1.807) is 0 Å². The highest BCUT2D eigenvalue weighted by molar-refractivity contribution is 5.89. The van der Waals surface area contributed by atoms with Gasteiger partial charge in [-0.1, -0.05) is 0 Å². The number of alkyl halides is 17. The van der Waals surface area contributed by atoms with E-state index in [2.05, 4.69) is 4.74 Å². The van der Waals surface area contributed by atoms with Crippen LogP contribution in [0.25, 0.3) is 0 Å². The first kappa shape index (κ1) is 32.3. The number of hydrogen-bond acceptors (Lipinski definition) is 3. The molecule has 0 radical (unpaired) electrons. The highest BCUT2D eigenvalue weighted by Crippen LogP contribution is 2.64. The van der Waals surface area contributed by atoms with E-state index in [1.807, 2.05) is 0 Å². The Labute approximate surface area is 192 Å². The highest BCUT2D eigenvalue weighted by Gasteiger charge is 2.95. The first-order chi connectivity index (χ1) is 16.1. The average Bonchev–Trinajstić information content (AvgIpc) is 2.72. The topological polar surface area (TPSA) is 46.5 Å². The molecule has 1 aromatic rings. The number of ether oxygens (including phenoxy) is 1. The second-order valence-corrected chi connectivity index (χ2v) is 7.08. The lowest BCUT2D eigenvalue weighted by atomic mass is 9.88. The van der Waals surface area contributed by atoms with Crippen LogP contribution in [-0.4, -0.2) is 65.3 Å². The van der Waals surface area contributed by atoms with Crippen molar-refractivity contribution in [3.8, 4) is 5.75 Å². The largest absolute Gasteiger partial charge is 0.508 e. The number of carbonyl (C=O) groups is 1. The Morgan fingerprint density at radius 2 is 0.946 bits per heavy atom. The zero-order valence-corrected chi connectivity index (χ0v) is 16.9. The molecule has 1 rings (SSSR count). The van der Waals surface area contributed by atoms with Crippen molar-refractivity contribution in [2.75, 3.05) is 6.61 Å². The lowest BCUT2D eigenvalue weighted by molar-refractivity contribution is -0.461. The summed E-state index contributed by atoms with van der Waals surface area (Å²) in [6, 6.07) is 3.11. The standard InChI is InChI=1S/C17H9F17O3/c18-10(19,5-6-37-9(36)7-1-3-8(35)4-2-7)11(20,21)12(22,23)13(24,25)14(26,27)15(28,29)16(30,31)17(32,33)34/h1-4,35H,5-6H2. The van der Waals surface area contributed by atoms with Gasteiger partial charge in [-0.25, -0.2) is 4.79 Å². The van der Waals surface area contributed by atoms with Crippen molar-refractivity contribution >= 4 is 5.97 Å². The van der Waals surface area contributed by atoms with Crippen molar-refractivity contribution in [1.29, 1.82) is 0 Å². The molecule has 0 amide bonds. The third kappa shape index (κ3) is 4.94. The van der Waals surface area contributed by atoms with E-state index >= 15 is 0 Å². The van der Waals surface area contributed by atoms with Crippen LogP contribution in [0.1, 0.15) is 16.8 Å². The van der Waals surface area contributed by atoms with Gasteiger partial charge < -0.3 is 9.84 Å². The van der Waals surface area contributed by atoms with E-state index in [0.717, 1.165) is 24.3 Å². The van der Waals surface area contributed by atoms with Gasteiger partial charge in [0.25, 0.3) is 0 Å². The minimum Gasteiger partial charge on any atom is -0.508 e. The van der Waals surface area contributed by atoms with Crippen molar-refractivity contribution in [2.24, 2.45) is 0 Å². The van der Waals surface area contributed by atoms with Crippen molar-refractivity contribution in [3.63, 3.8) is 0 Å². The second-order valence-electron chi connectivity index (χ2n) is 7.08. The Hall–Kier alpha value is -2.70. The Morgan fingerprint density at radius 1 is 0.595 bits per heavy atom. The molecule has 0 saturated heterocycles. The zero-order chi connectivity index (χ0) is 29.7. The van der Waals surface area contributed by atoms with Crippen LogP contribution in [-0.2, 0) is 4.74 Å². The fourth-order valence-corrected chi connectivity index (χ4v) is 2.31. The maximum absolute atomic E-state index is 13.7. The van der Waals surface area contributed by atoms with Gasteiger partial charge in [0.1, 0.15) is 5.75 Å². The summed E-state index contributed by atoms with van der Waals surface area (Å²) >= 11 is 0. The minimum atomic E-state index is -8.70. The SMILES string of the molecule is O=C(OCCC(F)(F)C(F)(F)C(F)(F)C(F)(F)C(F)(F)C(F)(F)C(F)(F)C(F)(F)F)c1ccc(O)cc1. The number of carbonyl (C=O) groups excluding carboxylic acids is 1. The molecule has 0 aliphatic heterocycles. The molecule has 0 bridgehead atoms. The average molecular weight is 584 g/mol. The van der Waals surface area contributed by atoms with Crippen molar-refractivity contribution in [1.82, 2.24) is 0 Å². The first-order valence-electron chi connectivity index (χ1n) is 8.81. The summed E-state index contributed by atoms with van der Waals surface area (Å²) in [5, 5.41) is 8.98. The summed E-state index contributed by atoms with van der Waals surface area (Å²) in [5.74, 6) is -59.2. The van der Waals surface area contributed by atoms with E-state index in [9.17, 15) is 79.4 Å². The molecule has 0 saturated carbocycles. The quantitative estimate of drug-likeness (QED) is 0.239. The monoisotopic (exact) mass is 584 g/mol. The Bertz CT molecular complexity index is 966. The molecule has 0 heterocycles. The number of halogens is 17. The summed E-state index contributed by atoms with van der Waals surface area (Å²) in [6.07, 6.45) is -10.7. The van der Waals surface area contributed by atoms with Gasteiger partial charge >= 0.3 is 53.6 Å². The van der Waals surface area contributed by atoms with Crippen LogP contribution >= 0.6 is 0 Å². The molecule has 0 spiro atoms. The van der Waals surface area contributed by atoms with E-state index in [0.29, 0.717) is 0 Å². The number of esters is 1. The zero-order valence-electron chi connectivity index (χ0n) is 16.9. The Morgan fingerprint density at radius 3 is 1.32 bits per heavy atom. The lowest BCUT2D eigenvalue weighted by Crippen LogP contribution is -2.74. The van der Waals surface area contributed by atoms with Crippen molar-refractivity contribution in [3.05, 3.63) is 29.8 Å². The van der Waals surface area contributed by atoms with Crippen LogP contribution < -0.4 is 0 Å². The predicted molar refractivity (Wildman–Crippen MR) is 83.7 cm³/mol. The summed E-state index contributed by atoms with van der Waals surface area (Å²) in [5.41, 5.74) is -0.586. The fourth-order valence-electron chi connectivity index (χ4n) is 2.31. The number of phenolic OH excluding ortho intramolecular Hbond substituents is 1. The predicted octanol–water partition coefficient (Wildman–Crippen LogP) is 6.95. The van der Waals surface area contributed by atoms with E-state index in [1.165, 1.54) is 0 Å². The molecule has 0 unspecified atom stereocenters. The molecular weight excluding hydrogens is 575 g/mol. The number of hydrogen-bond donors (Lipinski definition) is 1. The number of benzene rings is 1. The summed E-state index contributed by atoms with van der Waals surface area (Å²) < 4.78 is 227. The molecular formula is C17H9F17O3. The molecule has 214 valence electrons. The van der Waals surface area contributed by atoms with E-state index in [-0.39, 0.29) is 0 Å². The summed E-state index contributed by atoms with van der Waals surface area (Å²) in [7, 11) is 0. The lowest BCUT2D eigenvalue weighted by Gasteiger charge is -2.42.